The van der Waals surface area contributed by atoms with Crippen LogP contribution >= 0.6 is 0 Å². The minimum atomic E-state index is -0.234. The largest absolute Gasteiger partial charge is 0.322 e. The Hall–Kier alpha value is -5.44. The van der Waals surface area contributed by atoms with E-state index < -0.39 is 0 Å². The van der Waals surface area contributed by atoms with E-state index in [1.807, 2.05) is 66.7 Å². The van der Waals surface area contributed by atoms with E-state index in [1.165, 1.54) is 0 Å². The lowest BCUT2D eigenvalue weighted by Crippen LogP contribution is -2.26. The number of H-pyrrole nitrogens is 1. The Morgan fingerprint density at radius 1 is 0.902 bits per heavy atom. The van der Waals surface area contributed by atoms with Crippen LogP contribution in [0.5, 0.6) is 0 Å². The highest BCUT2D eigenvalue weighted by Crippen LogP contribution is 2.30. The zero-order valence-electron chi connectivity index (χ0n) is 22.4. The summed E-state index contributed by atoms with van der Waals surface area (Å²) >= 11 is 0. The summed E-state index contributed by atoms with van der Waals surface area (Å²) in [5.74, 6) is 1.03. The van der Waals surface area contributed by atoms with Gasteiger partial charge in [-0.3, -0.25) is 14.2 Å². The van der Waals surface area contributed by atoms with Gasteiger partial charge in [-0.25, -0.2) is 4.98 Å². The molecule has 0 saturated carbocycles. The normalized spacial score (nSPS) is 11.0. The van der Waals surface area contributed by atoms with Crippen LogP contribution < -0.4 is 10.9 Å². The number of nitrogens with zero attached hydrogens (tertiary/aromatic N) is 5. The van der Waals surface area contributed by atoms with Gasteiger partial charge in [-0.1, -0.05) is 73.7 Å². The van der Waals surface area contributed by atoms with E-state index in [-0.39, 0.29) is 11.5 Å². The third-order valence-electron chi connectivity index (χ3n) is 6.92. The van der Waals surface area contributed by atoms with E-state index in [0.717, 1.165) is 34.5 Å². The smallest absolute Gasteiger partial charge is 0.261 e. The van der Waals surface area contributed by atoms with E-state index in [2.05, 4.69) is 32.9 Å². The second kappa shape index (κ2) is 11.4. The summed E-state index contributed by atoms with van der Waals surface area (Å²) < 4.78 is 1.73. The topological polar surface area (TPSA) is 118 Å². The van der Waals surface area contributed by atoms with Gasteiger partial charge in [0, 0.05) is 23.2 Å². The molecule has 2 aromatic heterocycles. The molecule has 9 nitrogen and oxygen atoms in total. The number of benzene rings is 4. The molecule has 0 unspecified atom stereocenters. The molecule has 6 rings (SSSR count). The highest BCUT2D eigenvalue weighted by atomic mass is 16.1. The van der Waals surface area contributed by atoms with Crippen LogP contribution in [0.1, 0.15) is 35.1 Å². The van der Waals surface area contributed by atoms with Crippen LogP contribution in [0.25, 0.3) is 33.4 Å². The number of hydrogen-bond acceptors (Lipinski definition) is 6. The van der Waals surface area contributed by atoms with Gasteiger partial charge in [0.05, 0.1) is 17.4 Å². The van der Waals surface area contributed by atoms with Crippen LogP contribution in [0.15, 0.2) is 102 Å². The summed E-state index contributed by atoms with van der Waals surface area (Å²) in [4.78, 5) is 31.3. The van der Waals surface area contributed by atoms with Crippen LogP contribution in [0.4, 0.5) is 5.69 Å². The summed E-state index contributed by atoms with van der Waals surface area (Å²) in [6.45, 7) is 2.45. The van der Waals surface area contributed by atoms with Crippen molar-refractivity contribution in [3.8, 4) is 22.5 Å². The first-order chi connectivity index (χ1) is 20.1. The van der Waals surface area contributed by atoms with Gasteiger partial charge in [-0.05, 0) is 58.7 Å². The van der Waals surface area contributed by atoms with Gasteiger partial charge < -0.3 is 5.32 Å². The monoisotopic (exact) mass is 541 g/mol. The molecule has 0 aliphatic rings. The number of anilines is 1. The Labute approximate surface area is 235 Å². The molecule has 0 fully saturated rings. The fourth-order valence-electron chi connectivity index (χ4n) is 4.89. The van der Waals surface area contributed by atoms with Crippen molar-refractivity contribution in [2.75, 3.05) is 5.32 Å². The maximum atomic E-state index is 13.8. The molecule has 2 heterocycles. The Kier molecular flexibility index (Phi) is 7.15. The van der Waals surface area contributed by atoms with Gasteiger partial charge in [-0.15, -0.1) is 10.2 Å². The van der Waals surface area contributed by atoms with Crippen LogP contribution in [0.2, 0.25) is 0 Å². The van der Waals surface area contributed by atoms with E-state index >= 15 is 0 Å². The van der Waals surface area contributed by atoms with Crippen molar-refractivity contribution in [1.29, 1.82) is 0 Å². The fraction of sp³-hybridized carbons (Fsp3) is 0.125. The molecule has 0 spiro atoms. The fourth-order valence-corrected chi connectivity index (χ4v) is 4.89. The number of amides is 1. The van der Waals surface area contributed by atoms with Crippen LogP contribution in [-0.2, 0) is 13.0 Å². The van der Waals surface area contributed by atoms with Gasteiger partial charge >= 0.3 is 0 Å². The average molecular weight is 542 g/mol. The molecule has 9 heteroatoms. The lowest BCUT2D eigenvalue weighted by Gasteiger charge is -2.15. The summed E-state index contributed by atoms with van der Waals surface area (Å²) in [7, 11) is 0. The zero-order valence-corrected chi connectivity index (χ0v) is 22.4. The van der Waals surface area contributed by atoms with Crippen molar-refractivity contribution in [2.45, 2.75) is 26.3 Å². The first-order valence-electron chi connectivity index (χ1n) is 13.4. The minimum Gasteiger partial charge on any atom is -0.322 e. The molecule has 0 bridgehead atoms. The highest BCUT2D eigenvalue weighted by molar-refractivity contribution is 6.05. The predicted molar refractivity (Wildman–Crippen MR) is 159 cm³/mol. The predicted octanol–water partition coefficient (Wildman–Crippen LogP) is 5.50. The molecule has 6 aromatic rings. The number of hydrogen-bond donors (Lipinski definition) is 2. The third kappa shape index (κ3) is 5.38. The number of aromatic amines is 1. The first kappa shape index (κ1) is 25.8. The second-order valence-electron chi connectivity index (χ2n) is 9.70. The van der Waals surface area contributed by atoms with Crippen molar-refractivity contribution in [3.63, 3.8) is 0 Å². The molecule has 41 heavy (non-hydrogen) atoms. The van der Waals surface area contributed by atoms with Crippen molar-refractivity contribution < 1.29 is 4.79 Å². The highest BCUT2D eigenvalue weighted by Gasteiger charge is 2.14. The molecule has 4 aromatic carbocycles. The summed E-state index contributed by atoms with van der Waals surface area (Å²) in [6.07, 6.45) is 1.53. The maximum Gasteiger partial charge on any atom is 0.261 e. The number of carbonyl (C=O) groups excluding carboxylic acids is 1. The van der Waals surface area contributed by atoms with E-state index in [0.29, 0.717) is 40.9 Å². The molecule has 0 saturated heterocycles. The van der Waals surface area contributed by atoms with Gasteiger partial charge in [-0.2, -0.15) is 5.21 Å². The van der Waals surface area contributed by atoms with Gasteiger partial charge in [0.25, 0.3) is 11.5 Å². The average Bonchev–Trinajstić information content (AvgIpc) is 3.55. The SMILES string of the molecule is CCCc1nc2ccc(NC(=O)c3ccccc3)cc2c(=O)n1Cc1ccc(-c2ccccc2-c2nn[nH]n2)cc1. The van der Waals surface area contributed by atoms with Crippen LogP contribution in [-0.4, -0.2) is 36.1 Å². The Balaban J connectivity index is 1.32. The Morgan fingerprint density at radius 2 is 1.66 bits per heavy atom. The number of aryl methyl sites for hydroxylation is 1. The number of carbonyl (C=O) groups is 1. The summed E-state index contributed by atoms with van der Waals surface area (Å²) in [6, 6.07) is 30.2. The van der Waals surface area contributed by atoms with Crippen LogP contribution in [0.3, 0.4) is 0 Å². The van der Waals surface area contributed by atoms with Crippen molar-refractivity contribution >= 4 is 22.5 Å². The number of tetrazole rings is 1. The number of nitrogens with one attached hydrogen (secondary N) is 2. The van der Waals surface area contributed by atoms with Crippen molar-refractivity contribution in [2.24, 2.45) is 0 Å². The third-order valence-corrected chi connectivity index (χ3v) is 6.92. The van der Waals surface area contributed by atoms with Crippen LogP contribution in [0, 0.1) is 0 Å². The second-order valence-corrected chi connectivity index (χ2v) is 9.70. The molecular weight excluding hydrogens is 514 g/mol. The molecule has 0 radical (unpaired) electrons. The van der Waals surface area contributed by atoms with E-state index in [4.69, 9.17) is 4.98 Å². The molecule has 0 atom stereocenters. The summed E-state index contributed by atoms with van der Waals surface area (Å²) in [5, 5.41) is 17.8. The molecule has 0 aliphatic heterocycles. The van der Waals surface area contributed by atoms with Gasteiger partial charge in [0.15, 0.2) is 0 Å². The first-order valence-corrected chi connectivity index (χ1v) is 13.4. The van der Waals surface area contributed by atoms with Crippen molar-refractivity contribution in [1.82, 2.24) is 30.2 Å². The standard InChI is InChI=1S/C32H27N7O2/c1-2-8-29-34-28-18-17-24(33-31(40)23-9-4-3-5-10-23)19-27(28)32(41)39(29)20-21-13-15-22(16-14-21)25-11-6-7-12-26(25)30-35-37-38-36-30/h3-7,9-19H,2,8,20H2,1H3,(H,33,40)(H,35,36,37,38). The maximum absolute atomic E-state index is 13.8. The van der Waals surface area contributed by atoms with E-state index in [1.54, 1.807) is 34.9 Å². The Bertz CT molecular complexity index is 1880. The lowest BCUT2D eigenvalue weighted by atomic mass is 9.98. The quantitative estimate of drug-likeness (QED) is 0.263. The van der Waals surface area contributed by atoms with Gasteiger partial charge in [0.2, 0.25) is 5.82 Å². The number of rotatable bonds is 8. The molecular formula is C32H27N7O2. The summed E-state index contributed by atoms with van der Waals surface area (Å²) in [5.41, 5.74) is 5.41. The lowest BCUT2D eigenvalue weighted by molar-refractivity contribution is 0.102. The number of aromatic nitrogens is 6. The molecule has 1 amide bonds. The van der Waals surface area contributed by atoms with Gasteiger partial charge in [0.1, 0.15) is 5.82 Å². The zero-order chi connectivity index (χ0) is 28.2. The molecule has 2 N–H and O–H groups in total. The van der Waals surface area contributed by atoms with Crippen molar-refractivity contribution in [3.05, 3.63) is 124 Å². The molecule has 0 aliphatic carbocycles. The Morgan fingerprint density at radius 3 is 2.39 bits per heavy atom. The number of fused-ring (bicyclic) bond motifs is 1. The van der Waals surface area contributed by atoms with E-state index in [9.17, 15) is 9.59 Å². The minimum absolute atomic E-state index is 0.138. The molecule has 202 valence electrons.